The molecule has 0 spiro atoms. The number of amides is 1. The van der Waals surface area contributed by atoms with Gasteiger partial charge >= 0.3 is 11.8 Å². The van der Waals surface area contributed by atoms with Gasteiger partial charge in [-0.2, -0.15) is 5.26 Å². The van der Waals surface area contributed by atoms with E-state index in [1.807, 2.05) is 6.07 Å². The average molecular weight is 454 g/mol. The Morgan fingerprint density at radius 3 is 2.85 bits per heavy atom. The molecule has 3 rings (SSSR count). The molecular weight excluding hydrogens is 428 g/mol. The molecule has 12 heteroatoms. The van der Waals surface area contributed by atoms with Crippen LogP contribution in [0.25, 0.3) is 0 Å². The summed E-state index contributed by atoms with van der Waals surface area (Å²) in [6.07, 6.45) is 5.62. The Balaban J connectivity index is 1.80. The molecule has 3 heterocycles. The lowest BCUT2D eigenvalue weighted by Gasteiger charge is -2.32. The molecule has 1 aliphatic heterocycles. The summed E-state index contributed by atoms with van der Waals surface area (Å²) in [6, 6.07) is 5.62. The van der Waals surface area contributed by atoms with Crippen molar-refractivity contribution >= 4 is 23.4 Å². The van der Waals surface area contributed by atoms with E-state index in [-0.39, 0.29) is 42.4 Å². The highest BCUT2D eigenvalue weighted by Gasteiger charge is 2.30. The second kappa shape index (κ2) is 11.6. The number of ether oxygens (including phenoxy) is 1. The van der Waals surface area contributed by atoms with Crippen molar-refractivity contribution < 1.29 is 14.5 Å². The predicted molar refractivity (Wildman–Crippen MR) is 119 cm³/mol. The summed E-state index contributed by atoms with van der Waals surface area (Å²) in [5.41, 5.74) is 0.594. The van der Waals surface area contributed by atoms with Crippen LogP contribution in [-0.2, 0) is 11.3 Å². The number of nitriles is 1. The van der Waals surface area contributed by atoms with Crippen LogP contribution in [0.5, 0.6) is 0 Å². The second-order valence-electron chi connectivity index (χ2n) is 7.45. The van der Waals surface area contributed by atoms with Gasteiger partial charge in [0.15, 0.2) is 0 Å². The summed E-state index contributed by atoms with van der Waals surface area (Å²) in [5.74, 6) is 0.258. The van der Waals surface area contributed by atoms with Crippen LogP contribution in [0.1, 0.15) is 31.7 Å². The number of nitrogens with one attached hydrogen (secondary N) is 1. The number of likely N-dealkylation sites (tertiary alicyclic amines) is 1. The minimum atomic E-state index is -0.506. The first-order valence-corrected chi connectivity index (χ1v) is 10.7. The molecule has 2 aromatic rings. The lowest BCUT2D eigenvalue weighted by atomic mass is 10.1. The number of rotatable bonds is 9. The summed E-state index contributed by atoms with van der Waals surface area (Å²) in [4.78, 5) is 39.2. The van der Waals surface area contributed by atoms with Crippen molar-refractivity contribution in [1.29, 1.82) is 5.26 Å². The van der Waals surface area contributed by atoms with Crippen molar-refractivity contribution in [2.45, 2.75) is 38.8 Å². The van der Waals surface area contributed by atoms with Crippen LogP contribution in [0.4, 0.5) is 22.1 Å². The standard InChI is InChI=1S/C21H26N8O4/c1-2-33-21(30)27-11-6-17(7-12-27)26-19-18(29(31)32)20(25-15-24-19)28(10-4-8-22)14-16-5-3-9-23-13-16/h3,5,9,13,15,17H,2,4,6-7,10-12,14H2,1H3,(H,24,25,26). The smallest absolute Gasteiger partial charge is 0.409 e. The molecule has 1 fully saturated rings. The molecule has 0 atom stereocenters. The molecule has 0 aliphatic carbocycles. The maximum Gasteiger partial charge on any atom is 0.409 e. The Labute approximate surface area is 191 Å². The highest BCUT2D eigenvalue weighted by Crippen LogP contribution is 2.34. The third-order valence-electron chi connectivity index (χ3n) is 5.24. The zero-order chi connectivity index (χ0) is 23.6. The van der Waals surface area contributed by atoms with Gasteiger partial charge < -0.3 is 19.9 Å². The fraction of sp³-hybridized carbons (Fsp3) is 0.476. The van der Waals surface area contributed by atoms with Crippen molar-refractivity contribution in [2.75, 3.05) is 36.5 Å². The molecule has 2 aromatic heterocycles. The highest BCUT2D eigenvalue weighted by atomic mass is 16.6. The van der Waals surface area contributed by atoms with E-state index in [0.29, 0.717) is 39.1 Å². The first-order valence-electron chi connectivity index (χ1n) is 10.7. The van der Waals surface area contributed by atoms with Crippen molar-refractivity contribution in [3.8, 4) is 6.07 Å². The van der Waals surface area contributed by atoms with Crippen LogP contribution >= 0.6 is 0 Å². The molecule has 174 valence electrons. The first-order chi connectivity index (χ1) is 16.0. The Kier molecular flexibility index (Phi) is 8.29. The van der Waals surface area contributed by atoms with Gasteiger partial charge in [-0.05, 0) is 31.4 Å². The summed E-state index contributed by atoms with van der Waals surface area (Å²) < 4.78 is 5.03. The Morgan fingerprint density at radius 2 is 2.21 bits per heavy atom. The Morgan fingerprint density at radius 1 is 1.42 bits per heavy atom. The molecule has 12 nitrogen and oxygen atoms in total. The van der Waals surface area contributed by atoms with Crippen molar-refractivity contribution in [3.63, 3.8) is 0 Å². The number of hydrogen-bond acceptors (Lipinski definition) is 10. The summed E-state index contributed by atoms with van der Waals surface area (Å²) in [6.45, 7) is 3.61. The van der Waals surface area contributed by atoms with Crippen LogP contribution in [-0.4, -0.2) is 63.2 Å². The molecule has 0 radical (unpaired) electrons. The molecular formula is C21H26N8O4. The van der Waals surface area contributed by atoms with E-state index < -0.39 is 4.92 Å². The van der Waals surface area contributed by atoms with Gasteiger partial charge in [0.2, 0.25) is 11.6 Å². The first kappa shape index (κ1) is 23.6. The van der Waals surface area contributed by atoms with Gasteiger partial charge in [-0.3, -0.25) is 15.1 Å². The zero-order valence-electron chi connectivity index (χ0n) is 18.4. The molecule has 0 saturated carbocycles. The number of anilines is 2. The zero-order valence-corrected chi connectivity index (χ0v) is 18.4. The van der Waals surface area contributed by atoms with E-state index in [9.17, 15) is 14.9 Å². The topological polar surface area (TPSA) is 150 Å². The SMILES string of the molecule is CCOC(=O)N1CCC(Nc2ncnc(N(CCC#N)Cc3cccnc3)c2[N+](=O)[O-])CC1. The van der Waals surface area contributed by atoms with Crippen molar-refractivity contribution in [1.82, 2.24) is 19.9 Å². The van der Waals surface area contributed by atoms with Crippen molar-refractivity contribution in [3.05, 3.63) is 46.5 Å². The van der Waals surface area contributed by atoms with Crippen LogP contribution in [0.2, 0.25) is 0 Å². The maximum atomic E-state index is 12.0. The lowest BCUT2D eigenvalue weighted by molar-refractivity contribution is -0.383. The van der Waals surface area contributed by atoms with Gasteiger partial charge in [0.1, 0.15) is 6.33 Å². The van der Waals surface area contributed by atoms with E-state index in [1.165, 1.54) is 6.33 Å². The van der Waals surface area contributed by atoms with E-state index in [4.69, 9.17) is 10.00 Å². The van der Waals surface area contributed by atoms with Gasteiger partial charge in [0, 0.05) is 44.6 Å². The summed E-state index contributed by atoms with van der Waals surface area (Å²) in [7, 11) is 0. The number of carbonyl (C=O) groups is 1. The Hall–Kier alpha value is -4.01. The fourth-order valence-corrected chi connectivity index (χ4v) is 3.65. The van der Waals surface area contributed by atoms with E-state index >= 15 is 0 Å². The third kappa shape index (κ3) is 6.25. The van der Waals surface area contributed by atoms with E-state index in [1.54, 1.807) is 35.2 Å². The number of carbonyl (C=O) groups excluding carboxylic acids is 1. The summed E-state index contributed by atoms with van der Waals surface area (Å²) >= 11 is 0. The number of piperidine rings is 1. The molecule has 0 aromatic carbocycles. The molecule has 0 bridgehead atoms. The molecule has 1 aliphatic rings. The van der Waals surface area contributed by atoms with Crippen molar-refractivity contribution in [2.24, 2.45) is 0 Å². The highest BCUT2D eigenvalue weighted by molar-refractivity contribution is 5.71. The molecule has 0 unspecified atom stereocenters. The molecule has 1 N–H and O–H groups in total. The minimum Gasteiger partial charge on any atom is -0.450 e. The number of aromatic nitrogens is 3. The van der Waals surface area contributed by atoms with Gasteiger partial charge in [-0.15, -0.1) is 0 Å². The van der Waals surface area contributed by atoms with E-state index in [0.717, 1.165) is 5.56 Å². The fourth-order valence-electron chi connectivity index (χ4n) is 3.65. The number of hydrogen-bond donors (Lipinski definition) is 1. The normalized spacial score (nSPS) is 13.8. The largest absolute Gasteiger partial charge is 0.450 e. The third-order valence-corrected chi connectivity index (χ3v) is 5.24. The van der Waals surface area contributed by atoms with Crippen LogP contribution in [0.15, 0.2) is 30.9 Å². The van der Waals surface area contributed by atoms with Gasteiger partial charge in [-0.25, -0.2) is 14.8 Å². The molecule has 1 amide bonds. The predicted octanol–water partition coefficient (Wildman–Crippen LogP) is 2.73. The van der Waals surface area contributed by atoms with Gasteiger partial charge in [0.25, 0.3) is 0 Å². The second-order valence-corrected chi connectivity index (χ2v) is 7.45. The van der Waals surface area contributed by atoms with Crippen LogP contribution in [0, 0.1) is 21.4 Å². The number of nitro groups is 1. The monoisotopic (exact) mass is 454 g/mol. The number of nitrogens with zero attached hydrogens (tertiary/aromatic N) is 7. The van der Waals surface area contributed by atoms with Gasteiger partial charge in [-0.1, -0.05) is 6.07 Å². The minimum absolute atomic E-state index is 0.0944. The number of pyridine rings is 1. The maximum absolute atomic E-state index is 12.0. The summed E-state index contributed by atoms with van der Waals surface area (Å²) in [5, 5.41) is 24.3. The Bertz CT molecular complexity index is 990. The van der Waals surface area contributed by atoms with E-state index in [2.05, 4.69) is 26.3 Å². The lowest BCUT2D eigenvalue weighted by Crippen LogP contribution is -2.42. The van der Waals surface area contributed by atoms with Crippen LogP contribution in [0.3, 0.4) is 0 Å². The average Bonchev–Trinajstić information content (AvgIpc) is 2.82. The van der Waals surface area contributed by atoms with Crippen LogP contribution < -0.4 is 10.2 Å². The quantitative estimate of drug-likeness (QED) is 0.442. The van der Waals surface area contributed by atoms with Gasteiger partial charge in [0.05, 0.1) is 24.0 Å². The molecule has 1 saturated heterocycles. The molecule has 33 heavy (non-hydrogen) atoms.